The summed E-state index contributed by atoms with van der Waals surface area (Å²) < 4.78 is 10.8. The minimum Gasteiger partial charge on any atom is -0.493 e. The van der Waals surface area contributed by atoms with Gasteiger partial charge < -0.3 is 19.5 Å². The van der Waals surface area contributed by atoms with Crippen molar-refractivity contribution in [3.05, 3.63) is 53.1 Å². The Bertz CT molecular complexity index is 575. The van der Waals surface area contributed by atoms with Crippen LogP contribution in [0.25, 0.3) is 0 Å². The summed E-state index contributed by atoms with van der Waals surface area (Å²) >= 11 is 6.10. The Morgan fingerprint density at radius 1 is 1.15 bits per heavy atom. The summed E-state index contributed by atoms with van der Waals surface area (Å²) in [6.45, 7) is 0.345. The lowest BCUT2D eigenvalue weighted by molar-refractivity contribution is 0.285. The molecule has 0 saturated carbocycles. The summed E-state index contributed by atoms with van der Waals surface area (Å²) in [7, 11) is -0.140. The van der Waals surface area contributed by atoms with Crippen LogP contribution in [0.3, 0.4) is 0 Å². The molecule has 2 aromatic rings. The van der Waals surface area contributed by atoms with Crippen molar-refractivity contribution in [2.45, 2.75) is 6.61 Å². The van der Waals surface area contributed by atoms with E-state index < -0.39 is 7.12 Å². The van der Waals surface area contributed by atoms with Crippen LogP contribution in [0.15, 0.2) is 42.5 Å². The number of hydrogen-bond acceptors (Lipinski definition) is 4. The molecule has 0 spiro atoms. The molecule has 4 nitrogen and oxygen atoms in total. The first-order valence-corrected chi connectivity index (χ1v) is 6.40. The standard InChI is InChI=1S/C14H14BClO4/c1-19-13-8-11(15(17)18)7-12(16)14(13)20-9-10-5-3-2-4-6-10/h2-8,17-18H,9H2,1H3. The Morgan fingerprint density at radius 3 is 2.45 bits per heavy atom. The van der Waals surface area contributed by atoms with E-state index in [1.807, 2.05) is 30.3 Å². The fourth-order valence-electron chi connectivity index (χ4n) is 1.76. The van der Waals surface area contributed by atoms with Gasteiger partial charge >= 0.3 is 7.12 Å². The number of benzene rings is 2. The van der Waals surface area contributed by atoms with E-state index in [1.54, 1.807) is 0 Å². The molecule has 0 aliphatic carbocycles. The monoisotopic (exact) mass is 292 g/mol. The highest BCUT2D eigenvalue weighted by atomic mass is 35.5. The molecule has 6 heteroatoms. The smallest absolute Gasteiger partial charge is 0.488 e. The fraction of sp³-hybridized carbons (Fsp3) is 0.143. The normalized spacial score (nSPS) is 10.2. The maximum absolute atomic E-state index is 9.17. The van der Waals surface area contributed by atoms with E-state index in [4.69, 9.17) is 31.1 Å². The van der Waals surface area contributed by atoms with Crippen molar-refractivity contribution in [2.75, 3.05) is 7.11 Å². The van der Waals surface area contributed by atoms with E-state index in [-0.39, 0.29) is 10.5 Å². The zero-order valence-electron chi connectivity index (χ0n) is 10.9. The second-order valence-electron chi connectivity index (χ2n) is 4.18. The molecule has 2 N–H and O–H groups in total. The van der Waals surface area contributed by atoms with Crippen LogP contribution in [0.5, 0.6) is 11.5 Å². The molecule has 2 aromatic carbocycles. The van der Waals surface area contributed by atoms with Crippen molar-refractivity contribution in [3.8, 4) is 11.5 Å². The van der Waals surface area contributed by atoms with Crippen LogP contribution in [0.4, 0.5) is 0 Å². The van der Waals surface area contributed by atoms with Gasteiger partial charge in [-0.1, -0.05) is 41.9 Å². The summed E-state index contributed by atoms with van der Waals surface area (Å²) in [5.41, 5.74) is 1.25. The van der Waals surface area contributed by atoms with Crippen molar-refractivity contribution in [3.63, 3.8) is 0 Å². The molecule has 0 amide bonds. The van der Waals surface area contributed by atoms with Gasteiger partial charge in [0.25, 0.3) is 0 Å². The minimum atomic E-state index is -1.61. The average molecular weight is 293 g/mol. The molecule has 0 bridgehead atoms. The predicted octanol–water partition coefficient (Wildman–Crippen LogP) is 1.61. The van der Waals surface area contributed by atoms with Crippen LogP contribution < -0.4 is 14.9 Å². The number of methoxy groups -OCH3 is 1. The van der Waals surface area contributed by atoms with Crippen LogP contribution in [0.1, 0.15) is 5.56 Å². The zero-order chi connectivity index (χ0) is 14.5. The number of halogens is 1. The van der Waals surface area contributed by atoms with E-state index in [1.165, 1.54) is 19.2 Å². The first kappa shape index (κ1) is 14.7. The summed E-state index contributed by atoms with van der Waals surface area (Å²) in [5, 5.41) is 18.6. The van der Waals surface area contributed by atoms with Gasteiger partial charge in [-0.25, -0.2) is 0 Å². The van der Waals surface area contributed by atoms with E-state index in [9.17, 15) is 0 Å². The van der Waals surface area contributed by atoms with Gasteiger partial charge in [0.1, 0.15) is 6.61 Å². The van der Waals surface area contributed by atoms with Crippen LogP contribution in [-0.4, -0.2) is 24.3 Å². The van der Waals surface area contributed by atoms with Crippen molar-refractivity contribution in [1.82, 2.24) is 0 Å². The van der Waals surface area contributed by atoms with Gasteiger partial charge in [0.2, 0.25) is 0 Å². The molecule has 2 rings (SSSR count). The van der Waals surface area contributed by atoms with E-state index >= 15 is 0 Å². The molecule has 0 aromatic heterocycles. The fourth-order valence-corrected chi connectivity index (χ4v) is 2.03. The maximum Gasteiger partial charge on any atom is 0.488 e. The highest BCUT2D eigenvalue weighted by molar-refractivity contribution is 6.59. The molecular formula is C14H14BClO4. The summed E-state index contributed by atoms with van der Waals surface area (Å²) in [4.78, 5) is 0. The molecule has 0 fully saturated rings. The lowest BCUT2D eigenvalue weighted by Gasteiger charge is -2.14. The second-order valence-corrected chi connectivity index (χ2v) is 4.59. The number of hydrogen-bond donors (Lipinski definition) is 2. The first-order valence-electron chi connectivity index (χ1n) is 6.02. The lowest BCUT2D eigenvalue weighted by Crippen LogP contribution is -2.29. The Balaban J connectivity index is 2.23. The Morgan fingerprint density at radius 2 is 1.85 bits per heavy atom. The molecule has 0 aliphatic heterocycles. The second kappa shape index (κ2) is 6.66. The Labute approximate surface area is 122 Å². The van der Waals surface area contributed by atoms with Crippen LogP contribution in [0, 0.1) is 0 Å². The highest BCUT2D eigenvalue weighted by Crippen LogP contribution is 2.34. The number of rotatable bonds is 5. The molecule has 0 heterocycles. The third-order valence-electron chi connectivity index (χ3n) is 2.78. The summed E-state index contributed by atoms with van der Waals surface area (Å²) in [5.74, 6) is 0.735. The zero-order valence-corrected chi connectivity index (χ0v) is 11.7. The molecule has 0 unspecified atom stereocenters. The van der Waals surface area contributed by atoms with Gasteiger partial charge in [-0.2, -0.15) is 0 Å². The summed E-state index contributed by atoms with van der Waals surface area (Å²) in [6.07, 6.45) is 0. The predicted molar refractivity (Wildman–Crippen MR) is 78.6 cm³/mol. The topological polar surface area (TPSA) is 58.9 Å². The quantitative estimate of drug-likeness (QED) is 0.822. The van der Waals surface area contributed by atoms with Crippen LogP contribution in [0.2, 0.25) is 5.02 Å². The molecular weight excluding hydrogens is 278 g/mol. The molecule has 0 aliphatic rings. The van der Waals surface area contributed by atoms with E-state index in [0.29, 0.717) is 18.1 Å². The number of ether oxygens (including phenoxy) is 2. The minimum absolute atomic E-state index is 0.249. The first-order chi connectivity index (χ1) is 9.61. The van der Waals surface area contributed by atoms with Crippen molar-refractivity contribution in [1.29, 1.82) is 0 Å². The van der Waals surface area contributed by atoms with Crippen molar-refractivity contribution in [2.24, 2.45) is 0 Å². The van der Waals surface area contributed by atoms with Crippen molar-refractivity contribution >= 4 is 24.2 Å². The molecule has 0 saturated heterocycles. The molecule has 104 valence electrons. The van der Waals surface area contributed by atoms with Gasteiger partial charge in [-0.15, -0.1) is 0 Å². The maximum atomic E-state index is 9.17. The van der Waals surface area contributed by atoms with Gasteiger partial charge in [0.05, 0.1) is 12.1 Å². The van der Waals surface area contributed by atoms with Gasteiger partial charge in [-0.05, 0) is 23.2 Å². The van der Waals surface area contributed by atoms with Crippen LogP contribution in [-0.2, 0) is 6.61 Å². The van der Waals surface area contributed by atoms with E-state index in [2.05, 4.69) is 0 Å². The van der Waals surface area contributed by atoms with Gasteiger partial charge in [-0.3, -0.25) is 0 Å². The molecule has 0 atom stereocenters. The Hall–Kier alpha value is -1.69. The third-order valence-corrected chi connectivity index (χ3v) is 3.06. The average Bonchev–Trinajstić information content (AvgIpc) is 2.46. The van der Waals surface area contributed by atoms with Gasteiger partial charge in [0.15, 0.2) is 11.5 Å². The largest absolute Gasteiger partial charge is 0.493 e. The van der Waals surface area contributed by atoms with Crippen LogP contribution >= 0.6 is 11.6 Å². The highest BCUT2D eigenvalue weighted by Gasteiger charge is 2.18. The Kier molecular flexibility index (Phi) is 4.90. The van der Waals surface area contributed by atoms with Crippen molar-refractivity contribution < 1.29 is 19.5 Å². The SMILES string of the molecule is COc1cc(B(O)O)cc(Cl)c1OCc1ccccc1. The molecule has 20 heavy (non-hydrogen) atoms. The van der Waals surface area contributed by atoms with Gasteiger partial charge in [0, 0.05) is 0 Å². The summed E-state index contributed by atoms with van der Waals surface area (Å²) in [6, 6.07) is 12.6. The third kappa shape index (κ3) is 3.45. The lowest BCUT2D eigenvalue weighted by atomic mass is 9.80. The molecule has 0 radical (unpaired) electrons. The van der Waals surface area contributed by atoms with E-state index in [0.717, 1.165) is 5.56 Å².